The number of carbonyl (C=O) groups excluding carboxylic acids is 2. The van der Waals surface area contributed by atoms with Crippen LogP contribution in [-0.2, 0) is 9.59 Å². The molecule has 2 amide bonds. The predicted molar refractivity (Wildman–Crippen MR) is 103 cm³/mol. The van der Waals surface area contributed by atoms with Crippen molar-refractivity contribution in [2.24, 2.45) is 0 Å². The number of rotatable bonds is 5. The first-order valence-electron chi connectivity index (χ1n) is 8.71. The zero-order valence-electron chi connectivity index (χ0n) is 15.8. The lowest BCUT2D eigenvalue weighted by Gasteiger charge is -2.24. The number of methoxy groups -OCH3 is 2. The van der Waals surface area contributed by atoms with Crippen LogP contribution >= 0.6 is 0 Å². The number of amides is 2. The summed E-state index contributed by atoms with van der Waals surface area (Å²) < 4.78 is 23.8. The number of ether oxygens (including phenoxy) is 2. The highest BCUT2D eigenvalue weighted by atomic mass is 19.1. The van der Waals surface area contributed by atoms with Crippen molar-refractivity contribution in [3.8, 4) is 11.5 Å². The van der Waals surface area contributed by atoms with Gasteiger partial charge in [-0.05, 0) is 36.2 Å². The Morgan fingerprint density at radius 3 is 2.43 bits per heavy atom. The maximum Gasteiger partial charge on any atom is 0.253 e. The van der Waals surface area contributed by atoms with E-state index >= 15 is 0 Å². The van der Waals surface area contributed by atoms with Crippen molar-refractivity contribution in [2.45, 2.75) is 19.3 Å². The molecular weight excluding hydrogens is 363 g/mol. The molecule has 0 saturated carbocycles. The van der Waals surface area contributed by atoms with Crippen molar-refractivity contribution in [1.29, 1.82) is 0 Å². The maximum absolute atomic E-state index is 13.3. The SMILES string of the molecule is COc1cc(C)c(NC(=O)C2=CNC(=O)C[C@H]2c2ccc(F)cc2)cc1OC. The van der Waals surface area contributed by atoms with Gasteiger partial charge in [-0.3, -0.25) is 9.59 Å². The number of carbonyl (C=O) groups is 2. The Balaban J connectivity index is 1.90. The quantitative estimate of drug-likeness (QED) is 0.830. The molecule has 146 valence electrons. The molecule has 0 unspecified atom stereocenters. The van der Waals surface area contributed by atoms with Gasteiger partial charge in [-0.25, -0.2) is 4.39 Å². The molecule has 7 heteroatoms. The van der Waals surface area contributed by atoms with E-state index in [9.17, 15) is 14.0 Å². The third-order valence-corrected chi connectivity index (χ3v) is 4.67. The van der Waals surface area contributed by atoms with Crippen molar-refractivity contribution in [3.05, 3.63) is 65.1 Å². The van der Waals surface area contributed by atoms with Crippen molar-refractivity contribution >= 4 is 17.5 Å². The molecule has 1 heterocycles. The summed E-state index contributed by atoms with van der Waals surface area (Å²) in [6, 6.07) is 9.25. The highest BCUT2D eigenvalue weighted by Gasteiger charge is 2.29. The highest BCUT2D eigenvalue weighted by molar-refractivity contribution is 6.06. The summed E-state index contributed by atoms with van der Waals surface area (Å²) in [4.78, 5) is 24.8. The summed E-state index contributed by atoms with van der Waals surface area (Å²) in [6.45, 7) is 1.84. The molecule has 1 atom stereocenters. The summed E-state index contributed by atoms with van der Waals surface area (Å²) in [5, 5.41) is 5.45. The van der Waals surface area contributed by atoms with Gasteiger partial charge < -0.3 is 20.1 Å². The van der Waals surface area contributed by atoms with Crippen LogP contribution in [-0.4, -0.2) is 26.0 Å². The van der Waals surface area contributed by atoms with E-state index in [1.54, 1.807) is 31.4 Å². The van der Waals surface area contributed by atoms with Crippen LogP contribution in [0.3, 0.4) is 0 Å². The second-order valence-corrected chi connectivity index (χ2v) is 6.45. The molecule has 28 heavy (non-hydrogen) atoms. The second-order valence-electron chi connectivity index (χ2n) is 6.45. The van der Waals surface area contributed by atoms with Gasteiger partial charge in [0.15, 0.2) is 11.5 Å². The van der Waals surface area contributed by atoms with Crippen molar-refractivity contribution < 1.29 is 23.5 Å². The van der Waals surface area contributed by atoms with Crippen LogP contribution in [0.25, 0.3) is 0 Å². The number of nitrogens with one attached hydrogen (secondary N) is 2. The first-order valence-corrected chi connectivity index (χ1v) is 8.71. The van der Waals surface area contributed by atoms with E-state index in [1.165, 1.54) is 25.4 Å². The van der Waals surface area contributed by atoms with Crippen LogP contribution in [0.5, 0.6) is 11.5 Å². The number of hydrogen-bond acceptors (Lipinski definition) is 4. The van der Waals surface area contributed by atoms with Crippen LogP contribution in [0.2, 0.25) is 0 Å². The first kappa shape index (κ1) is 19.4. The minimum atomic E-state index is -0.463. The Bertz CT molecular complexity index is 938. The number of hydrogen-bond donors (Lipinski definition) is 2. The Morgan fingerprint density at radius 1 is 1.14 bits per heavy atom. The number of anilines is 1. The molecule has 0 fully saturated rings. The number of halogens is 1. The van der Waals surface area contributed by atoms with Gasteiger partial charge in [-0.15, -0.1) is 0 Å². The third kappa shape index (κ3) is 3.98. The summed E-state index contributed by atoms with van der Waals surface area (Å²) >= 11 is 0. The predicted octanol–water partition coefficient (Wildman–Crippen LogP) is 3.28. The summed E-state index contributed by atoms with van der Waals surface area (Å²) in [5.74, 6) is -0.344. The largest absolute Gasteiger partial charge is 0.493 e. The summed E-state index contributed by atoms with van der Waals surface area (Å²) in [7, 11) is 3.06. The third-order valence-electron chi connectivity index (χ3n) is 4.67. The van der Waals surface area contributed by atoms with Gasteiger partial charge in [-0.2, -0.15) is 0 Å². The lowest BCUT2D eigenvalue weighted by atomic mass is 9.86. The molecule has 0 aliphatic carbocycles. The molecule has 1 aliphatic rings. The number of aryl methyl sites for hydroxylation is 1. The molecule has 2 aromatic rings. The van der Waals surface area contributed by atoms with Crippen LogP contribution in [0.1, 0.15) is 23.5 Å². The molecule has 6 nitrogen and oxygen atoms in total. The van der Waals surface area contributed by atoms with E-state index in [0.717, 1.165) is 5.56 Å². The maximum atomic E-state index is 13.3. The van der Waals surface area contributed by atoms with Gasteiger partial charge in [0, 0.05) is 35.9 Å². The van der Waals surface area contributed by atoms with Crippen molar-refractivity contribution in [3.63, 3.8) is 0 Å². The fourth-order valence-corrected chi connectivity index (χ4v) is 3.14. The smallest absolute Gasteiger partial charge is 0.253 e. The monoisotopic (exact) mass is 384 g/mol. The van der Waals surface area contributed by atoms with E-state index in [1.807, 2.05) is 6.92 Å². The zero-order chi connectivity index (χ0) is 20.3. The summed E-state index contributed by atoms with van der Waals surface area (Å²) in [5.41, 5.74) is 2.45. The van der Waals surface area contributed by atoms with Gasteiger partial charge in [0.1, 0.15) is 5.82 Å². The Hall–Kier alpha value is -3.35. The molecule has 0 aromatic heterocycles. The lowest BCUT2D eigenvalue weighted by Crippen LogP contribution is -2.32. The molecule has 0 bridgehead atoms. The summed E-state index contributed by atoms with van der Waals surface area (Å²) in [6.07, 6.45) is 1.51. The van der Waals surface area contributed by atoms with E-state index < -0.39 is 5.92 Å². The van der Waals surface area contributed by atoms with Gasteiger partial charge in [0.2, 0.25) is 5.91 Å². The van der Waals surface area contributed by atoms with Crippen molar-refractivity contribution in [1.82, 2.24) is 5.32 Å². The minimum absolute atomic E-state index is 0.107. The van der Waals surface area contributed by atoms with Gasteiger partial charge in [-0.1, -0.05) is 12.1 Å². The molecular formula is C21H21FN2O4. The Labute approximate surface area is 162 Å². The van der Waals surface area contributed by atoms with Gasteiger partial charge in [0.05, 0.1) is 14.2 Å². The fourth-order valence-electron chi connectivity index (χ4n) is 3.14. The second kappa shape index (κ2) is 8.12. The average molecular weight is 384 g/mol. The minimum Gasteiger partial charge on any atom is -0.493 e. The van der Waals surface area contributed by atoms with Crippen molar-refractivity contribution in [2.75, 3.05) is 19.5 Å². The first-order chi connectivity index (χ1) is 13.4. The fraction of sp³-hybridized carbons (Fsp3) is 0.238. The molecule has 0 spiro atoms. The molecule has 2 aromatic carbocycles. The molecule has 0 radical (unpaired) electrons. The zero-order valence-corrected chi connectivity index (χ0v) is 15.8. The lowest BCUT2D eigenvalue weighted by molar-refractivity contribution is -0.121. The van der Waals surface area contributed by atoms with Crippen LogP contribution in [0.4, 0.5) is 10.1 Å². The van der Waals surface area contributed by atoms with Gasteiger partial charge in [0.25, 0.3) is 5.91 Å². The van der Waals surface area contributed by atoms with E-state index in [2.05, 4.69) is 10.6 Å². The average Bonchev–Trinajstić information content (AvgIpc) is 2.69. The normalized spacial score (nSPS) is 16.1. The molecule has 2 N–H and O–H groups in total. The molecule has 1 aliphatic heterocycles. The van der Waals surface area contributed by atoms with Crippen LogP contribution < -0.4 is 20.1 Å². The Morgan fingerprint density at radius 2 is 1.79 bits per heavy atom. The van der Waals surface area contributed by atoms with E-state index in [4.69, 9.17) is 9.47 Å². The standard InChI is InChI=1S/C21H21FN2O4/c1-12-8-18(27-2)19(28-3)10-17(12)24-21(26)16-11-23-20(25)9-15(16)13-4-6-14(22)7-5-13/h4-8,10-11,15H,9H2,1-3H3,(H,23,25)(H,24,26)/t15-/m0/s1. The molecule has 3 rings (SSSR count). The Kier molecular flexibility index (Phi) is 5.63. The van der Waals surface area contributed by atoms with Crippen LogP contribution in [0.15, 0.2) is 48.2 Å². The van der Waals surface area contributed by atoms with Gasteiger partial charge >= 0.3 is 0 Å². The topological polar surface area (TPSA) is 76.7 Å². The van der Waals surface area contributed by atoms with E-state index in [0.29, 0.717) is 28.3 Å². The van der Waals surface area contributed by atoms with E-state index in [-0.39, 0.29) is 24.1 Å². The number of benzene rings is 2. The highest BCUT2D eigenvalue weighted by Crippen LogP contribution is 2.35. The van der Waals surface area contributed by atoms with Crippen LogP contribution in [0, 0.1) is 12.7 Å². The molecule has 0 saturated heterocycles.